The molecule has 0 spiro atoms. The van der Waals surface area contributed by atoms with Crippen LogP contribution in [0.5, 0.6) is 5.75 Å². The fourth-order valence-electron chi connectivity index (χ4n) is 1.78. The van der Waals surface area contributed by atoms with Crippen molar-refractivity contribution in [1.82, 2.24) is 5.32 Å². The average Bonchev–Trinajstić information content (AvgIpc) is 2.35. The standard InChI is InChI=1S/C16H25NO/c1-5-18-16-10-6-9-15(12-16)14(4)8-7-11-17-13(2)3/h6,8-10,12-13,17H,5,7,11H2,1-4H3. The quantitative estimate of drug-likeness (QED) is 0.738. The SMILES string of the molecule is CCOc1cccc(C(C)=CCCNC(C)C)c1. The smallest absolute Gasteiger partial charge is 0.119 e. The molecule has 0 aliphatic carbocycles. The van der Waals surface area contributed by atoms with Crippen LogP contribution in [0.2, 0.25) is 0 Å². The zero-order valence-electron chi connectivity index (χ0n) is 12.0. The first kappa shape index (κ1) is 14.8. The Kier molecular flexibility index (Phi) is 6.51. The predicted octanol–water partition coefficient (Wildman–Crippen LogP) is 3.88. The van der Waals surface area contributed by atoms with Crippen LogP contribution in [0.3, 0.4) is 0 Å². The molecule has 0 unspecified atom stereocenters. The van der Waals surface area contributed by atoms with Crippen LogP contribution in [-0.2, 0) is 0 Å². The van der Waals surface area contributed by atoms with Crippen LogP contribution in [0.4, 0.5) is 0 Å². The molecule has 1 rings (SSSR count). The van der Waals surface area contributed by atoms with Crippen LogP contribution in [-0.4, -0.2) is 19.2 Å². The first-order chi connectivity index (χ1) is 8.63. The van der Waals surface area contributed by atoms with Crippen LogP contribution in [0.1, 0.15) is 39.7 Å². The first-order valence-electron chi connectivity index (χ1n) is 6.77. The molecule has 0 fully saturated rings. The molecular formula is C16H25NO. The summed E-state index contributed by atoms with van der Waals surface area (Å²) < 4.78 is 5.51. The lowest BCUT2D eigenvalue weighted by molar-refractivity contribution is 0.340. The number of hydrogen-bond donors (Lipinski definition) is 1. The van der Waals surface area contributed by atoms with Crippen LogP contribution in [0.15, 0.2) is 30.3 Å². The van der Waals surface area contributed by atoms with Crippen molar-refractivity contribution >= 4 is 5.57 Å². The molecule has 0 amide bonds. The fraction of sp³-hybridized carbons (Fsp3) is 0.500. The van der Waals surface area contributed by atoms with Gasteiger partial charge in [-0.25, -0.2) is 0 Å². The van der Waals surface area contributed by atoms with Crippen molar-refractivity contribution in [2.75, 3.05) is 13.2 Å². The lowest BCUT2D eigenvalue weighted by atomic mass is 10.1. The van der Waals surface area contributed by atoms with Gasteiger partial charge in [0.2, 0.25) is 0 Å². The van der Waals surface area contributed by atoms with Gasteiger partial charge in [-0.2, -0.15) is 0 Å². The highest BCUT2D eigenvalue weighted by atomic mass is 16.5. The van der Waals surface area contributed by atoms with Crippen LogP contribution in [0, 0.1) is 0 Å². The van der Waals surface area contributed by atoms with E-state index in [2.05, 4.69) is 44.3 Å². The zero-order chi connectivity index (χ0) is 13.4. The third kappa shape index (κ3) is 5.37. The maximum atomic E-state index is 5.51. The summed E-state index contributed by atoms with van der Waals surface area (Å²) in [7, 11) is 0. The van der Waals surface area contributed by atoms with E-state index in [0.29, 0.717) is 12.6 Å². The molecule has 0 bridgehead atoms. The molecular weight excluding hydrogens is 222 g/mol. The lowest BCUT2D eigenvalue weighted by Gasteiger charge is -2.08. The fourth-order valence-corrected chi connectivity index (χ4v) is 1.78. The molecule has 1 N–H and O–H groups in total. The molecule has 0 aliphatic rings. The number of ether oxygens (including phenoxy) is 1. The summed E-state index contributed by atoms with van der Waals surface area (Å²) in [6, 6.07) is 8.83. The van der Waals surface area contributed by atoms with Crippen molar-refractivity contribution < 1.29 is 4.74 Å². The number of benzene rings is 1. The van der Waals surface area contributed by atoms with Gasteiger partial charge in [-0.05, 0) is 50.1 Å². The summed E-state index contributed by atoms with van der Waals surface area (Å²) in [4.78, 5) is 0. The predicted molar refractivity (Wildman–Crippen MR) is 79.0 cm³/mol. The minimum Gasteiger partial charge on any atom is -0.494 e. The van der Waals surface area contributed by atoms with E-state index >= 15 is 0 Å². The third-order valence-electron chi connectivity index (χ3n) is 2.75. The molecule has 0 heterocycles. The summed E-state index contributed by atoms with van der Waals surface area (Å²) in [6.07, 6.45) is 3.34. The molecule has 2 heteroatoms. The van der Waals surface area contributed by atoms with Gasteiger partial charge in [-0.15, -0.1) is 0 Å². The molecule has 0 atom stereocenters. The van der Waals surface area contributed by atoms with Crippen LogP contribution in [0.25, 0.3) is 5.57 Å². The summed E-state index contributed by atoms with van der Waals surface area (Å²) in [5, 5.41) is 3.41. The topological polar surface area (TPSA) is 21.3 Å². The minimum atomic E-state index is 0.556. The van der Waals surface area contributed by atoms with Gasteiger partial charge >= 0.3 is 0 Å². The molecule has 0 radical (unpaired) electrons. The van der Waals surface area contributed by atoms with Crippen molar-refractivity contribution in [3.63, 3.8) is 0 Å². The Morgan fingerprint density at radius 1 is 1.39 bits per heavy atom. The van der Waals surface area contributed by atoms with Crippen molar-refractivity contribution in [3.05, 3.63) is 35.9 Å². The molecule has 1 aromatic rings. The van der Waals surface area contributed by atoms with E-state index in [1.807, 2.05) is 19.1 Å². The van der Waals surface area contributed by atoms with E-state index < -0.39 is 0 Å². The van der Waals surface area contributed by atoms with Crippen LogP contribution >= 0.6 is 0 Å². The molecule has 0 saturated heterocycles. The van der Waals surface area contributed by atoms with Gasteiger partial charge in [0.25, 0.3) is 0 Å². The zero-order valence-corrected chi connectivity index (χ0v) is 12.0. The van der Waals surface area contributed by atoms with Gasteiger partial charge in [-0.3, -0.25) is 0 Å². The van der Waals surface area contributed by atoms with Crippen molar-refractivity contribution in [1.29, 1.82) is 0 Å². The molecule has 100 valence electrons. The normalized spacial score (nSPS) is 11.9. The second-order valence-corrected chi connectivity index (χ2v) is 4.75. The Morgan fingerprint density at radius 2 is 2.17 bits per heavy atom. The summed E-state index contributed by atoms with van der Waals surface area (Å²) >= 11 is 0. The number of allylic oxidation sites excluding steroid dienone is 1. The maximum Gasteiger partial charge on any atom is 0.119 e. The van der Waals surface area contributed by atoms with Gasteiger partial charge in [0, 0.05) is 6.04 Å². The van der Waals surface area contributed by atoms with E-state index in [1.54, 1.807) is 0 Å². The third-order valence-corrected chi connectivity index (χ3v) is 2.75. The van der Waals surface area contributed by atoms with Gasteiger partial charge in [0.05, 0.1) is 6.61 Å². The Balaban J connectivity index is 2.56. The highest BCUT2D eigenvalue weighted by Crippen LogP contribution is 2.20. The van der Waals surface area contributed by atoms with Crippen LogP contribution < -0.4 is 10.1 Å². The first-order valence-corrected chi connectivity index (χ1v) is 6.77. The highest BCUT2D eigenvalue weighted by molar-refractivity contribution is 5.64. The van der Waals surface area contributed by atoms with Gasteiger partial charge in [0.1, 0.15) is 5.75 Å². The van der Waals surface area contributed by atoms with Crippen molar-refractivity contribution in [2.45, 2.75) is 40.2 Å². The second-order valence-electron chi connectivity index (χ2n) is 4.75. The Bertz CT molecular complexity index is 382. The number of hydrogen-bond acceptors (Lipinski definition) is 2. The van der Waals surface area contributed by atoms with E-state index in [-0.39, 0.29) is 0 Å². The molecule has 18 heavy (non-hydrogen) atoms. The summed E-state index contributed by atoms with van der Waals surface area (Å²) in [5.41, 5.74) is 2.55. The lowest BCUT2D eigenvalue weighted by Crippen LogP contribution is -2.23. The average molecular weight is 247 g/mol. The second kappa shape index (κ2) is 7.93. The molecule has 0 aliphatic heterocycles. The largest absolute Gasteiger partial charge is 0.494 e. The Labute approximate surface area is 111 Å². The van der Waals surface area contributed by atoms with E-state index in [0.717, 1.165) is 18.7 Å². The minimum absolute atomic E-state index is 0.556. The van der Waals surface area contributed by atoms with E-state index in [9.17, 15) is 0 Å². The van der Waals surface area contributed by atoms with Gasteiger partial charge in [-0.1, -0.05) is 32.1 Å². The monoisotopic (exact) mass is 247 g/mol. The molecule has 1 aromatic carbocycles. The van der Waals surface area contributed by atoms with Gasteiger partial charge < -0.3 is 10.1 Å². The Hall–Kier alpha value is -1.28. The van der Waals surface area contributed by atoms with Crippen molar-refractivity contribution in [3.8, 4) is 5.75 Å². The van der Waals surface area contributed by atoms with Gasteiger partial charge in [0.15, 0.2) is 0 Å². The molecule has 2 nitrogen and oxygen atoms in total. The summed E-state index contributed by atoms with van der Waals surface area (Å²) in [5.74, 6) is 0.947. The van der Waals surface area contributed by atoms with E-state index in [1.165, 1.54) is 11.1 Å². The van der Waals surface area contributed by atoms with E-state index in [4.69, 9.17) is 4.74 Å². The highest BCUT2D eigenvalue weighted by Gasteiger charge is 1.98. The molecule has 0 aromatic heterocycles. The number of rotatable bonds is 7. The summed E-state index contributed by atoms with van der Waals surface area (Å²) in [6.45, 7) is 10.2. The van der Waals surface area contributed by atoms with Crippen molar-refractivity contribution in [2.24, 2.45) is 0 Å². The Morgan fingerprint density at radius 3 is 2.83 bits per heavy atom. The maximum absolute atomic E-state index is 5.51. The number of nitrogens with one attached hydrogen (secondary N) is 1. The molecule has 0 saturated carbocycles.